The highest BCUT2D eigenvalue weighted by atomic mass is 16.6. The zero-order valence-electron chi connectivity index (χ0n) is 24.3. The third-order valence-electron chi connectivity index (χ3n) is 8.05. The van der Waals surface area contributed by atoms with Gasteiger partial charge in [-0.2, -0.15) is 9.97 Å². The van der Waals surface area contributed by atoms with Crippen LogP contribution in [0.5, 0.6) is 5.88 Å². The molecule has 4 aromatic rings. The molecule has 2 aromatic carbocycles. The number of ether oxygens (including phenoxy) is 2. The van der Waals surface area contributed by atoms with Gasteiger partial charge in [-0.05, 0) is 70.4 Å². The molecule has 3 heterocycles. The van der Waals surface area contributed by atoms with Crippen LogP contribution in [-0.2, 0) is 10.3 Å². The van der Waals surface area contributed by atoms with Gasteiger partial charge in [0, 0.05) is 24.2 Å². The number of hydrogen-bond acceptors (Lipinski definition) is 7. The van der Waals surface area contributed by atoms with Crippen LogP contribution in [0.15, 0.2) is 59.0 Å². The highest BCUT2D eigenvalue weighted by molar-refractivity contribution is 6.03. The number of rotatable bonds is 6. The van der Waals surface area contributed by atoms with E-state index in [1.165, 1.54) is 6.42 Å². The number of nitrogens with one attached hydrogen (secondary N) is 1. The predicted octanol–water partition coefficient (Wildman–Crippen LogP) is 7.46. The Bertz CT molecular complexity index is 1530. The first-order valence-corrected chi connectivity index (χ1v) is 14.6. The Morgan fingerprint density at radius 2 is 1.63 bits per heavy atom. The maximum absolute atomic E-state index is 12.7. The summed E-state index contributed by atoms with van der Waals surface area (Å²) in [5.74, 6) is 1.87. The molecule has 41 heavy (non-hydrogen) atoms. The molecule has 0 atom stereocenters. The molecule has 8 nitrogen and oxygen atoms in total. The van der Waals surface area contributed by atoms with Crippen LogP contribution in [-0.4, -0.2) is 41.9 Å². The van der Waals surface area contributed by atoms with E-state index in [2.05, 4.69) is 46.6 Å². The predicted molar refractivity (Wildman–Crippen MR) is 160 cm³/mol. The van der Waals surface area contributed by atoms with E-state index in [1.807, 2.05) is 39.0 Å². The molecule has 0 radical (unpaired) electrons. The van der Waals surface area contributed by atoms with E-state index < -0.39 is 11.1 Å². The summed E-state index contributed by atoms with van der Waals surface area (Å²) in [6.45, 7) is 7.48. The number of alkyl carbamates (subject to hydrolysis) is 1. The lowest BCUT2D eigenvalue weighted by molar-refractivity contribution is 0.0377. The largest absolute Gasteiger partial charge is 0.480 e. The number of methoxy groups -OCH3 is 1. The minimum atomic E-state index is -0.550. The van der Waals surface area contributed by atoms with Gasteiger partial charge in [0.1, 0.15) is 16.7 Å². The van der Waals surface area contributed by atoms with Crippen LogP contribution >= 0.6 is 0 Å². The molecular formula is C33H38N4O4. The van der Waals surface area contributed by atoms with Crippen molar-refractivity contribution in [2.24, 2.45) is 0 Å². The SMILES string of the molecule is COc1nc(N2CCCCC2)nc2oc(-c3ccc(C4(NC(=O)OC(C)(C)C)CCC4)cc3)c(-c3ccccc3)c12. The average Bonchev–Trinajstić information content (AvgIpc) is 3.34. The summed E-state index contributed by atoms with van der Waals surface area (Å²) in [4.78, 5) is 24.6. The number of anilines is 1. The van der Waals surface area contributed by atoms with Gasteiger partial charge in [0.05, 0.1) is 12.6 Å². The van der Waals surface area contributed by atoms with E-state index in [9.17, 15) is 4.79 Å². The van der Waals surface area contributed by atoms with E-state index >= 15 is 0 Å². The van der Waals surface area contributed by atoms with Crippen molar-refractivity contribution in [3.05, 3.63) is 60.2 Å². The van der Waals surface area contributed by atoms with Gasteiger partial charge in [0.2, 0.25) is 17.5 Å². The minimum absolute atomic E-state index is 0.389. The van der Waals surface area contributed by atoms with E-state index in [-0.39, 0.29) is 6.09 Å². The molecule has 1 amide bonds. The summed E-state index contributed by atoms with van der Waals surface area (Å²) >= 11 is 0. The molecule has 0 unspecified atom stereocenters. The number of furan rings is 1. The fourth-order valence-electron chi connectivity index (χ4n) is 5.88. The van der Waals surface area contributed by atoms with Crippen LogP contribution in [0.3, 0.4) is 0 Å². The van der Waals surface area contributed by atoms with Crippen molar-refractivity contribution in [3.63, 3.8) is 0 Å². The summed E-state index contributed by atoms with van der Waals surface area (Å²) in [6, 6.07) is 18.4. The summed E-state index contributed by atoms with van der Waals surface area (Å²) in [5.41, 5.74) is 3.42. The standard InChI is InChI=1S/C33H38N4O4/c1-32(2,3)41-31(38)36-33(18-11-19-33)24-16-14-23(15-17-24)27-25(22-12-7-5-8-13-22)26-28(39-4)34-30(35-29(26)40-27)37-20-9-6-10-21-37/h5,7-8,12-17H,6,9-11,18-21H2,1-4H3,(H,36,38). The number of carbonyl (C=O) groups is 1. The number of nitrogens with zero attached hydrogens (tertiary/aromatic N) is 3. The van der Waals surface area contributed by atoms with Gasteiger partial charge in [-0.1, -0.05) is 54.6 Å². The first kappa shape index (κ1) is 27.1. The first-order valence-electron chi connectivity index (χ1n) is 14.6. The smallest absolute Gasteiger partial charge is 0.408 e. The van der Waals surface area contributed by atoms with Crippen molar-refractivity contribution < 1.29 is 18.7 Å². The molecule has 2 aliphatic rings. The zero-order chi connectivity index (χ0) is 28.6. The molecule has 1 N–H and O–H groups in total. The zero-order valence-corrected chi connectivity index (χ0v) is 24.3. The fourth-order valence-corrected chi connectivity index (χ4v) is 5.88. The van der Waals surface area contributed by atoms with Crippen molar-refractivity contribution >= 4 is 23.1 Å². The molecule has 0 bridgehead atoms. The number of benzene rings is 2. The highest BCUT2D eigenvalue weighted by Crippen LogP contribution is 2.46. The average molecular weight is 555 g/mol. The number of piperidine rings is 1. The summed E-state index contributed by atoms with van der Waals surface area (Å²) in [5, 5.41) is 3.91. The molecule has 0 spiro atoms. The summed E-state index contributed by atoms with van der Waals surface area (Å²) in [6.07, 6.45) is 5.88. The molecule has 1 aliphatic heterocycles. The molecule has 1 saturated heterocycles. The third-order valence-corrected chi connectivity index (χ3v) is 8.05. The van der Waals surface area contributed by atoms with Crippen LogP contribution in [0.4, 0.5) is 10.7 Å². The third kappa shape index (κ3) is 5.35. The maximum atomic E-state index is 12.7. The molecule has 1 saturated carbocycles. The van der Waals surface area contributed by atoms with E-state index in [4.69, 9.17) is 23.9 Å². The van der Waals surface area contributed by atoms with E-state index in [1.54, 1.807) is 7.11 Å². The molecule has 1 aliphatic carbocycles. The van der Waals surface area contributed by atoms with Crippen molar-refractivity contribution in [2.45, 2.75) is 70.4 Å². The Morgan fingerprint density at radius 3 is 2.24 bits per heavy atom. The van der Waals surface area contributed by atoms with Crippen LogP contribution in [0.2, 0.25) is 0 Å². The summed E-state index contributed by atoms with van der Waals surface area (Å²) in [7, 11) is 1.65. The van der Waals surface area contributed by atoms with Crippen LogP contribution in [0, 0.1) is 0 Å². The molecule has 6 rings (SSSR count). The van der Waals surface area contributed by atoms with Crippen molar-refractivity contribution in [1.82, 2.24) is 15.3 Å². The van der Waals surface area contributed by atoms with Gasteiger partial charge in [0.15, 0.2) is 0 Å². The monoisotopic (exact) mass is 554 g/mol. The highest BCUT2D eigenvalue weighted by Gasteiger charge is 2.41. The quantitative estimate of drug-likeness (QED) is 0.265. The second-order valence-corrected chi connectivity index (χ2v) is 12.1. The van der Waals surface area contributed by atoms with Gasteiger partial charge in [0.25, 0.3) is 0 Å². The lowest BCUT2D eigenvalue weighted by Gasteiger charge is -2.43. The molecule has 2 aromatic heterocycles. The van der Waals surface area contributed by atoms with Gasteiger partial charge < -0.3 is 24.1 Å². The Kier molecular flexibility index (Phi) is 7.09. The minimum Gasteiger partial charge on any atom is -0.480 e. The second kappa shape index (κ2) is 10.7. The van der Waals surface area contributed by atoms with Crippen molar-refractivity contribution in [2.75, 3.05) is 25.1 Å². The Balaban J connectivity index is 1.41. The van der Waals surface area contributed by atoms with Crippen LogP contribution in [0.1, 0.15) is 64.9 Å². The molecular weight excluding hydrogens is 516 g/mol. The second-order valence-electron chi connectivity index (χ2n) is 12.1. The van der Waals surface area contributed by atoms with Crippen LogP contribution in [0.25, 0.3) is 33.6 Å². The maximum Gasteiger partial charge on any atom is 0.408 e. The number of amides is 1. The molecule has 214 valence electrons. The number of hydrogen-bond donors (Lipinski definition) is 1. The Morgan fingerprint density at radius 1 is 0.927 bits per heavy atom. The van der Waals surface area contributed by atoms with Gasteiger partial charge >= 0.3 is 6.09 Å². The van der Waals surface area contributed by atoms with Crippen molar-refractivity contribution in [3.8, 4) is 28.3 Å². The molecule has 2 fully saturated rings. The number of aromatic nitrogens is 2. The normalized spacial score (nSPS) is 16.7. The topological polar surface area (TPSA) is 89.7 Å². The lowest BCUT2D eigenvalue weighted by atomic mass is 9.71. The lowest BCUT2D eigenvalue weighted by Crippen LogP contribution is -2.52. The van der Waals surface area contributed by atoms with Crippen LogP contribution < -0.4 is 15.0 Å². The fraction of sp³-hybridized carbons (Fsp3) is 0.424. The van der Waals surface area contributed by atoms with Gasteiger partial charge in [-0.25, -0.2) is 4.79 Å². The summed E-state index contributed by atoms with van der Waals surface area (Å²) < 4.78 is 18.0. The number of carbonyl (C=O) groups excluding carboxylic acids is 1. The van der Waals surface area contributed by atoms with Gasteiger partial charge in [-0.3, -0.25) is 0 Å². The number of fused-ring (bicyclic) bond motifs is 1. The van der Waals surface area contributed by atoms with Gasteiger partial charge in [-0.15, -0.1) is 0 Å². The van der Waals surface area contributed by atoms with E-state index in [0.717, 1.165) is 72.8 Å². The first-order chi connectivity index (χ1) is 19.8. The van der Waals surface area contributed by atoms with Crippen molar-refractivity contribution in [1.29, 1.82) is 0 Å². The Labute approximate surface area is 241 Å². The Hall–Kier alpha value is -4.07. The molecule has 8 heteroatoms. The van der Waals surface area contributed by atoms with E-state index in [0.29, 0.717) is 23.3 Å².